The number of nitrogens with one attached hydrogen (secondary N) is 1. The normalized spacial score (nSPS) is 12.5. The van der Waals surface area contributed by atoms with Crippen LogP contribution in [0.25, 0.3) is 0 Å². The molecule has 84 valence electrons. The predicted octanol–water partition coefficient (Wildman–Crippen LogP) is 1.22. The number of aliphatic hydroxyl groups excluding tert-OH is 1. The largest absolute Gasteiger partial charge is 0.396 e. The Labute approximate surface area is 91.7 Å². The molecule has 0 aromatic rings. The van der Waals surface area contributed by atoms with Gasteiger partial charge in [-0.3, -0.25) is 4.79 Å². The maximum absolute atomic E-state index is 11.1. The predicted molar refractivity (Wildman–Crippen MR) is 61.6 cm³/mol. The van der Waals surface area contributed by atoms with Crippen LogP contribution in [0.2, 0.25) is 0 Å². The van der Waals surface area contributed by atoms with Crippen LogP contribution in [0.3, 0.4) is 0 Å². The molecule has 0 spiro atoms. The van der Waals surface area contributed by atoms with Gasteiger partial charge in [-0.05, 0) is 24.5 Å². The van der Waals surface area contributed by atoms with Crippen molar-refractivity contribution in [2.24, 2.45) is 5.92 Å². The van der Waals surface area contributed by atoms with Crippen molar-refractivity contribution in [2.75, 3.05) is 18.9 Å². The van der Waals surface area contributed by atoms with Gasteiger partial charge in [-0.1, -0.05) is 13.3 Å². The summed E-state index contributed by atoms with van der Waals surface area (Å²) in [6.07, 6.45) is 3.39. The van der Waals surface area contributed by atoms with Gasteiger partial charge in [0, 0.05) is 19.6 Å². The molecular weight excluding hydrogens is 198 g/mol. The van der Waals surface area contributed by atoms with E-state index in [0.29, 0.717) is 24.6 Å². The fourth-order valence-corrected chi connectivity index (χ4v) is 1.59. The van der Waals surface area contributed by atoms with E-state index in [9.17, 15) is 4.79 Å². The second-order valence-corrected chi connectivity index (χ2v) is 3.89. The van der Waals surface area contributed by atoms with E-state index >= 15 is 0 Å². The summed E-state index contributed by atoms with van der Waals surface area (Å²) in [6, 6.07) is 0. The second-order valence-electron chi connectivity index (χ2n) is 3.44. The fourth-order valence-electron chi connectivity index (χ4n) is 1.39. The first-order chi connectivity index (χ1) is 6.74. The van der Waals surface area contributed by atoms with E-state index in [-0.39, 0.29) is 12.5 Å². The minimum atomic E-state index is 0.0547. The third-order valence-electron chi connectivity index (χ3n) is 2.16. The van der Waals surface area contributed by atoms with Crippen LogP contribution < -0.4 is 5.32 Å². The fraction of sp³-hybridized carbons (Fsp3) is 0.900. The highest BCUT2D eigenvalue weighted by Gasteiger charge is 2.08. The molecule has 0 aromatic carbocycles. The molecule has 0 rings (SSSR count). The number of hydrogen-bond donors (Lipinski definition) is 3. The average Bonchev–Trinajstić information content (AvgIpc) is 2.15. The van der Waals surface area contributed by atoms with Gasteiger partial charge in [-0.2, -0.15) is 12.6 Å². The van der Waals surface area contributed by atoms with Crippen LogP contribution in [-0.2, 0) is 4.79 Å². The zero-order valence-electron chi connectivity index (χ0n) is 8.83. The number of rotatable bonds is 8. The van der Waals surface area contributed by atoms with E-state index in [4.69, 9.17) is 5.11 Å². The highest BCUT2D eigenvalue weighted by atomic mass is 32.1. The molecule has 0 aliphatic carbocycles. The lowest BCUT2D eigenvalue weighted by Crippen LogP contribution is -2.29. The molecule has 0 aromatic heterocycles. The van der Waals surface area contributed by atoms with Gasteiger partial charge in [0.2, 0.25) is 5.91 Å². The van der Waals surface area contributed by atoms with E-state index in [2.05, 4.69) is 24.9 Å². The van der Waals surface area contributed by atoms with Gasteiger partial charge in [0.1, 0.15) is 0 Å². The minimum Gasteiger partial charge on any atom is -0.396 e. The molecule has 4 heteroatoms. The summed E-state index contributed by atoms with van der Waals surface area (Å²) in [5.41, 5.74) is 0. The molecular formula is C10H21NO2S. The summed E-state index contributed by atoms with van der Waals surface area (Å²) in [5.74, 6) is 1.05. The van der Waals surface area contributed by atoms with Crippen LogP contribution in [0.1, 0.15) is 32.6 Å². The Balaban J connectivity index is 3.63. The number of aliphatic hydroxyl groups is 1. The molecule has 0 saturated carbocycles. The Bertz CT molecular complexity index is 147. The third-order valence-corrected chi connectivity index (χ3v) is 2.38. The van der Waals surface area contributed by atoms with Gasteiger partial charge >= 0.3 is 0 Å². The quantitative estimate of drug-likeness (QED) is 0.538. The van der Waals surface area contributed by atoms with Crippen LogP contribution in [0, 0.1) is 5.92 Å². The summed E-state index contributed by atoms with van der Waals surface area (Å²) in [6.45, 7) is 2.99. The second kappa shape index (κ2) is 9.34. The number of hydrogen-bond acceptors (Lipinski definition) is 3. The molecule has 0 heterocycles. The van der Waals surface area contributed by atoms with Crippen LogP contribution in [0.4, 0.5) is 0 Å². The minimum absolute atomic E-state index is 0.0547. The maximum atomic E-state index is 11.1. The first-order valence-corrected chi connectivity index (χ1v) is 5.86. The zero-order valence-corrected chi connectivity index (χ0v) is 9.72. The van der Waals surface area contributed by atoms with Gasteiger partial charge < -0.3 is 10.4 Å². The molecule has 1 unspecified atom stereocenters. The molecule has 0 fully saturated rings. The van der Waals surface area contributed by atoms with Crippen molar-refractivity contribution in [3.05, 3.63) is 0 Å². The Morgan fingerprint density at radius 3 is 2.71 bits per heavy atom. The van der Waals surface area contributed by atoms with Crippen molar-refractivity contribution in [1.82, 2.24) is 5.32 Å². The smallest absolute Gasteiger partial charge is 0.220 e. The number of carbonyl (C=O) groups is 1. The van der Waals surface area contributed by atoms with Crippen LogP contribution >= 0.6 is 12.6 Å². The molecule has 0 bridgehead atoms. The SMILES string of the molecule is CCCC(CCO)CNC(=O)CCS. The van der Waals surface area contributed by atoms with Gasteiger partial charge in [-0.25, -0.2) is 0 Å². The first-order valence-electron chi connectivity index (χ1n) is 5.23. The monoisotopic (exact) mass is 219 g/mol. The Morgan fingerprint density at radius 2 is 2.21 bits per heavy atom. The van der Waals surface area contributed by atoms with Gasteiger partial charge in [0.25, 0.3) is 0 Å². The van der Waals surface area contributed by atoms with E-state index in [0.717, 1.165) is 19.3 Å². The third kappa shape index (κ3) is 7.21. The molecule has 1 amide bonds. The molecule has 0 saturated heterocycles. The van der Waals surface area contributed by atoms with Crippen LogP contribution in [-0.4, -0.2) is 29.9 Å². The van der Waals surface area contributed by atoms with Crippen molar-refractivity contribution in [2.45, 2.75) is 32.6 Å². The number of thiol groups is 1. The molecule has 14 heavy (non-hydrogen) atoms. The summed E-state index contributed by atoms with van der Waals surface area (Å²) < 4.78 is 0. The van der Waals surface area contributed by atoms with Crippen molar-refractivity contribution in [3.63, 3.8) is 0 Å². The summed E-state index contributed by atoms with van der Waals surface area (Å²) in [5, 5.41) is 11.7. The molecule has 0 radical (unpaired) electrons. The number of amides is 1. The van der Waals surface area contributed by atoms with E-state index in [1.54, 1.807) is 0 Å². The lowest BCUT2D eigenvalue weighted by atomic mass is 10.0. The van der Waals surface area contributed by atoms with E-state index in [1.807, 2.05) is 0 Å². The topological polar surface area (TPSA) is 49.3 Å². The standard InChI is InChI=1S/C10H21NO2S/c1-2-3-9(4-6-12)8-11-10(13)5-7-14/h9,12,14H,2-8H2,1H3,(H,11,13). The Morgan fingerprint density at radius 1 is 1.50 bits per heavy atom. The van der Waals surface area contributed by atoms with E-state index in [1.165, 1.54) is 0 Å². The highest BCUT2D eigenvalue weighted by molar-refractivity contribution is 7.80. The van der Waals surface area contributed by atoms with Gasteiger partial charge in [-0.15, -0.1) is 0 Å². The highest BCUT2D eigenvalue weighted by Crippen LogP contribution is 2.09. The Kier molecular flexibility index (Phi) is 9.19. The number of carbonyl (C=O) groups excluding carboxylic acids is 1. The van der Waals surface area contributed by atoms with Crippen molar-refractivity contribution >= 4 is 18.5 Å². The first kappa shape index (κ1) is 13.8. The summed E-state index contributed by atoms with van der Waals surface area (Å²) in [4.78, 5) is 11.1. The lowest BCUT2D eigenvalue weighted by Gasteiger charge is -2.15. The van der Waals surface area contributed by atoms with Gasteiger partial charge in [0.05, 0.1) is 0 Å². The van der Waals surface area contributed by atoms with Crippen LogP contribution in [0.15, 0.2) is 0 Å². The van der Waals surface area contributed by atoms with Crippen molar-refractivity contribution in [1.29, 1.82) is 0 Å². The van der Waals surface area contributed by atoms with Crippen LogP contribution in [0.5, 0.6) is 0 Å². The summed E-state index contributed by atoms with van der Waals surface area (Å²) >= 11 is 3.99. The van der Waals surface area contributed by atoms with Gasteiger partial charge in [0.15, 0.2) is 0 Å². The Hall–Kier alpha value is -0.220. The molecule has 0 aliphatic heterocycles. The molecule has 0 aliphatic rings. The molecule has 2 N–H and O–H groups in total. The van der Waals surface area contributed by atoms with E-state index < -0.39 is 0 Å². The maximum Gasteiger partial charge on any atom is 0.220 e. The zero-order chi connectivity index (χ0) is 10.8. The van der Waals surface area contributed by atoms with Crippen molar-refractivity contribution < 1.29 is 9.90 Å². The summed E-state index contributed by atoms with van der Waals surface area (Å²) in [7, 11) is 0. The average molecular weight is 219 g/mol. The molecule has 1 atom stereocenters. The lowest BCUT2D eigenvalue weighted by molar-refractivity contribution is -0.120. The van der Waals surface area contributed by atoms with Crippen molar-refractivity contribution in [3.8, 4) is 0 Å². The molecule has 3 nitrogen and oxygen atoms in total.